The number of hydrogen-bond donors (Lipinski definition) is 1. The molecule has 0 amide bonds. The molecular weight excluding hydrogens is 279 g/mol. The minimum absolute atomic E-state index is 0.324. The molecule has 0 bridgehead atoms. The molecule has 0 unspecified atom stereocenters. The molecule has 3 nitrogen and oxygen atoms in total. The average Bonchev–Trinajstić information content (AvgIpc) is 2.41. The molecule has 114 valence electrons. The lowest BCUT2D eigenvalue weighted by Gasteiger charge is -2.38. The van der Waals surface area contributed by atoms with Crippen LogP contribution in [-0.2, 0) is 12.7 Å². The van der Waals surface area contributed by atoms with Crippen molar-refractivity contribution >= 4 is 0 Å². The smallest absolute Gasteiger partial charge is 0.324 e. The SMILES string of the molecule is N#CCC1(N)CCN(Cc2cccc(C(F)(F)F)c2)CC1. The molecular formula is C15H18F3N3. The Morgan fingerprint density at radius 2 is 1.95 bits per heavy atom. The molecule has 1 aromatic rings. The van der Waals surface area contributed by atoms with E-state index >= 15 is 0 Å². The number of likely N-dealkylation sites (tertiary alicyclic amines) is 1. The molecule has 2 rings (SSSR count). The van der Waals surface area contributed by atoms with Gasteiger partial charge >= 0.3 is 6.18 Å². The van der Waals surface area contributed by atoms with Crippen molar-refractivity contribution < 1.29 is 13.2 Å². The van der Waals surface area contributed by atoms with Crippen molar-refractivity contribution in [2.75, 3.05) is 13.1 Å². The number of halogens is 3. The molecule has 1 fully saturated rings. The molecule has 0 saturated carbocycles. The zero-order chi connectivity index (χ0) is 15.5. The number of rotatable bonds is 3. The van der Waals surface area contributed by atoms with Gasteiger partial charge in [0, 0.05) is 25.2 Å². The van der Waals surface area contributed by atoms with Gasteiger partial charge in [-0.1, -0.05) is 18.2 Å². The molecule has 1 saturated heterocycles. The maximum atomic E-state index is 12.7. The van der Waals surface area contributed by atoms with Crippen LogP contribution in [0.2, 0.25) is 0 Å². The first-order valence-corrected chi connectivity index (χ1v) is 6.87. The van der Waals surface area contributed by atoms with Gasteiger partial charge in [-0.2, -0.15) is 18.4 Å². The highest BCUT2D eigenvalue weighted by Crippen LogP contribution is 2.30. The van der Waals surface area contributed by atoms with Gasteiger partial charge < -0.3 is 5.73 Å². The molecule has 0 aromatic heterocycles. The number of benzene rings is 1. The van der Waals surface area contributed by atoms with E-state index in [2.05, 4.69) is 11.0 Å². The zero-order valence-electron chi connectivity index (χ0n) is 11.7. The standard InChI is InChI=1S/C15H18F3N3/c16-15(17,18)13-3-1-2-12(10-13)11-21-8-5-14(20,4-7-19)6-9-21/h1-3,10H,4-6,8-9,11,20H2. The predicted molar refractivity (Wildman–Crippen MR) is 73.1 cm³/mol. The summed E-state index contributed by atoms with van der Waals surface area (Å²) in [5.74, 6) is 0. The Kier molecular flexibility index (Phi) is 4.55. The highest BCUT2D eigenvalue weighted by Gasteiger charge is 2.32. The third kappa shape index (κ3) is 4.19. The Bertz CT molecular complexity index is 526. The second-order valence-electron chi connectivity index (χ2n) is 5.67. The quantitative estimate of drug-likeness (QED) is 0.933. The maximum Gasteiger partial charge on any atom is 0.416 e. The van der Waals surface area contributed by atoms with E-state index in [1.54, 1.807) is 6.07 Å². The summed E-state index contributed by atoms with van der Waals surface area (Å²) in [6.45, 7) is 1.88. The van der Waals surface area contributed by atoms with Gasteiger partial charge in [0.05, 0.1) is 18.1 Å². The lowest BCUT2D eigenvalue weighted by Crippen LogP contribution is -2.49. The molecule has 0 radical (unpaired) electrons. The molecule has 1 aliphatic rings. The van der Waals surface area contributed by atoms with Gasteiger partial charge in [0.15, 0.2) is 0 Å². The summed E-state index contributed by atoms with van der Waals surface area (Å²) in [6.07, 6.45) is -2.60. The Morgan fingerprint density at radius 1 is 1.29 bits per heavy atom. The van der Waals surface area contributed by atoms with Crippen LogP contribution in [0.3, 0.4) is 0 Å². The van der Waals surface area contributed by atoms with Crippen molar-refractivity contribution in [1.29, 1.82) is 5.26 Å². The van der Waals surface area contributed by atoms with E-state index in [0.717, 1.165) is 6.07 Å². The van der Waals surface area contributed by atoms with Crippen molar-refractivity contribution in [3.05, 3.63) is 35.4 Å². The van der Waals surface area contributed by atoms with Crippen LogP contribution in [0.1, 0.15) is 30.4 Å². The first-order chi connectivity index (χ1) is 9.82. The number of piperidine rings is 1. The first kappa shape index (κ1) is 15.8. The van der Waals surface area contributed by atoms with Crippen molar-refractivity contribution in [1.82, 2.24) is 4.90 Å². The maximum absolute atomic E-state index is 12.7. The molecule has 21 heavy (non-hydrogen) atoms. The third-order valence-corrected chi connectivity index (χ3v) is 3.94. The van der Waals surface area contributed by atoms with E-state index < -0.39 is 17.3 Å². The van der Waals surface area contributed by atoms with Gasteiger partial charge in [0.2, 0.25) is 0 Å². The van der Waals surface area contributed by atoms with Gasteiger partial charge in [0.1, 0.15) is 0 Å². The third-order valence-electron chi connectivity index (χ3n) is 3.94. The number of nitriles is 1. The van der Waals surface area contributed by atoms with E-state index in [1.165, 1.54) is 12.1 Å². The second-order valence-corrected chi connectivity index (χ2v) is 5.67. The Hall–Kier alpha value is -1.58. The predicted octanol–water partition coefficient (Wildman–Crippen LogP) is 2.91. The van der Waals surface area contributed by atoms with Crippen LogP contribution in [-0.4, -0.2) is 23.5 Å². The summed E-state index contributed by atoms with van der Waals surface area (Å²) in [5, 5.41) is 8.74. The number of hydrogen-bond acceptors (Lipinski definition) is 3. The summed E-state index contributed by atoms with van der Waals surface area (Å²) in [6, 6.07) is 7.51. The van der Waals surface area contributed by atoms with Crippen LogP contribution in [0.15, 0.2) is 24.3 Å². The fourth-order valence-electron chi connectivity index (χ4n) is 2.59. The van der Waals surface area contributed by atoms with E-state index in [4.69, 9.17) is 11.0 Å². The Labute approximate surface area is 122 Å². The lowest BCUT2D eigenvalue weighted by atomic mass is 9.86. The molecule has 2 N–H and O–H groups in total. The van der Waals surface area contributed by atoms with E-state index in [1.807, 2.05) is 0 Å². The van der Waals surface area contributed by atoms with Crippen molar-refractivity contribution in [2.24, 2.45) is 5.73 Å². The largest absolute Gasteiger partial charge is 0.416 e. The second kappa shape index (κ2) is 6.04. The average molecular weight is 297 g/mol. The van der Waals surface area contributed by atoms with Crippen LogP contribution in [0, 0.1) is 11.3 Å². The number of nitrogens with two attached hydrogens (primary N) is 1. The fraction of sp³-hybridized carbons (Fsp3) is 0.533. The fourth-order valence-corrected chi connectivity index (χ4v) is 2.59. The summed E-state index contributed by atoms with van der Waals surface area (Å²) in [5.41, 5.74) is 5.69. The Balaban J connectivity index is 1.97. The molecule has 0 spiro atoms. The van der Waals surface area contributed by atoms with Gasteiger partial charge in [0.25, 0.3) is 0 Å². The lowest BCUT2D eigenvalue weighted by molar-refractivity contribution is -0.137. The van der Waals surface area contributed by atoms with E-state index in [9.17, 15) is 13.2 Å². The Morgan fingerprint density at radius 3 is 2.52 bits per heavy atom. The van der Waals surface area contributed by atoms with Crippen molar-refractivity contribution in [3.63, 3.8) is 0 Å². The van der Waals surface area contributed by atoms with Gasteiger partial charge in [-0.15, -0.1) is 0 Å². The summed E-state index contributed by atoms with van der Waals surface area (Å²) < 4.78 is 38.0. The highest BCUT2D eigenvalue weighted by atomic mass is 19.4. The van der Waals surface area contributed by atoms with Gasteiger partial charge in [-0.25, -0.2) is 0 Å². The highest BCUT2D eigenvalue weighted by molar-refractivity contribution is 5.25. The molecule has 1 aromatic carbocycles. The normalized spacial score (nSPS) is 19.2. The monoisotopic (exact) mass is 297 g/mol. The van der Waals surface area contributed by atoms with Crippen molar-refractivity contribution in [2.45, 2.75) is 37.5 Å². The van der Waals surface area contributed by atoms with Gasteiger partial charge in [-0.3, -0.25) is 4.90 Å². The molecule has 0 aliphatic carbocycles. The first-order valence-electron chi connectivity index (χ1n) is 6.87. The van der Waals surface area contributed by atoms with Crippen LogP contribution in [0.25, 0.3) is 0 Å². The molecule has 1 heterocycles. The summed E-state index contributed by atoms with van der Waals surface area (Å²) >= 11 is 0. The molecule has 1 aliphatic heterocycles. The van der Waals surface area contributed by atoms with Gasteiger partial charge in [-0.05, 0) is 24.5 Å². The molecule has 6 heteroatoms. The summed E-state index contributed by atoms with van der Waals surface area (Å²) in [4.78, 5) is 2.08. The molecule has 0 atom stereocenters. The van der Waals surface area contributed by atoms with E-state index in [-0.39, 0.29) is 0 Å². The zero-order valence-corrected chi connectivity index (χ0v) is 11.7. The van der Waals surface area contributed by atoms with Crippen LogP contribution in [0.5, 0.6) is 0 Å². The van der Waals surface area contributed by atoms with Crippen LogP contribution >= 0.6 is 0 Å². The van der Waals surface area contributed by atoms with Crippen molar-refractivity contribution in [3.8, 4) is 6.07 Å². The topological polar surface area (TPSA) is 53.1 Å². The van der Waals surface area contributed by atoms with Crippen LogP contribution in [0.4, 0.5) is 13.2 Å². The van der Waals surface area contributed by atoms with Crippen LogP contribution < -0.4 is 5.73 Å². The number of alkyl halides is 3. The minimum atomic E-state index is -4.31. The summed E-state index contributed by atoms with van der Waals surface area (Å²) in [7, 11) is 0. The number of nitrogens with zero attached hydrogens (tertiary/aromatic N) is 2. The van der Waals surface area contributed by atoms with E-state index in [0.29, 0.717) is 44.5 Å². The minimum Gasteiger partial charge on any atom is -0.324 e.